The van der Waals surface area contributed by atoms with Gasteiger partial charge in [0.05, 0.1) is 6.04 Å². The molecule has 5 heteroatoms. The Bertz CT molecular complexity index is 831. The molecule has 41 heavy (non-hydrogen) atoms. The van der Waals surface area contributed by atoms with Crippen LogP contribution < -0.4 is 5.32 Å². The van der Waals surface area contributed by atoms with Gasteiger partial charge in [0.2, 0.25) is 5.91 Å². The summed E-state index contributed by atoms with van der Waals surface area (Å²) in [5.74, 6) is -0.495. The van der Waals surface area contributed by atoms with Crippen LogP contribution in [0.15, 0.2) is 30.4 Å². The number of carbonyl (C=O) groups is 2. The number of aryl methyl sites for hydroxylation is 2. The highest BCUT2D eigenvalue weighted by atomic mass is 16.4. The predicted molar refractivity (Wildman–Crippen MR) is 176 cm³/mol. The number of unbranched alkanes of at least 4 members (excludes halogenated alkanes) is 12. The van der Waals surface area contributed by atoms with Crippen molar-refractivity contribution in [2.75, 3.05) is 18.4 Å². The third-order valence-corrected chi connectivity index (χ3v) is 8.10. The minimum absolute atomic E-state index is 0.0457. The van der Waals surface area contributed by atoms with Gasteiger partial charge in [-0.3, -0.25) is 14.5 Å². The summed E-state index contributed by atoms with van der Waals surface area (Å²) in [7, 11) is 0. The summed E-state index contributed by atoms with van der Waals surface area (Å²) in [6, 6.07) is 6.19. The molecule has 0 radical (unpaired) electrons. The molecule has 0 spiro atoms. The van der Waals surface area contributed by atoms with Crippen molar-refractivity contribution >= 4 is 17.6 Å². The second-order valence-electron chi connectivity index (χ2n) is 11.9. The second-order valence-corrected chi connectivity index (χ2v) is 11.9. The number of nitrogens with one attached hydrogen (secondary N) is 1. The minimum atomic E-state index is -0.664. The van der Waals surface area contributed by atoms with Gasteiger partial charge in [-0.1, -0.05) is 108 Å². The molecule has 1 aromatic carbocycles. The molecule has 5 nitrogen and oxygen atoms in total. The third-order valence-electron chi connectivity index (χ3n) is 8.10. The number of benzene rings is 1. The lowest BCUT2D eigenvalue weighted by molar-refractivity contribution is -0.137. The van der Waals surface area contributed by atoms with Crippen molar-refractivity contribution in [3.8, 4) is 0 Å². The van der Waals surface area contributed by atoms with Gasteiger partial charge >= 0.3 is 5.97 Å². The number of amides is 1. The van der Waals surface area contributed by atoms with Crippen molar-refractivity contribution in [3.63, 3.8) is 0 Å². The van der Waals surface area contributed by atoms with Crippen molar-refractivity contribution < 1.29 is 14.7 Å². The van der Waals surface area contributed by atoms with E-state index in [4.69, 9.17) is 5.11 Å². The zero-order valence-corrected chi connectivity index (χ0v) is 27.0. The summed E-state index contributed by atoms with van der Waals surface area (Å²) >= 11 is 0. The number of carboxylic acids is 1. The van der Waals surface area contributed by atoms with E-state index in [-0.39, 0.29) is 11.9 Å². The lowest BCUT2D eigenvalue weighted by atomic mass is 10.00. The number of likely N-dealkylation sites (tertiary alicyclic amines) is 1. The van der Waals surface area contributed by atoms with Gasteiger partial charge in [0.25, 0.3) is 0 Å². The van der Waals surface area contributed by atoms with Crippen molar-refractivity contribution in [1.29, 1.82) is 0 Å². The van der Waals surface area contributed by atoms with E-state index in [9.17, 15) is 9.59 Å². The first-order valence-electron chi connectivity index (χ1n) is 16.9. The first kappa shape index (κ1) is 36.9. The zero-order chi connectivity index (χ0) is 30.1. The SMILES string of the molecule is CCCCCCCC/C=C\CCCCCCCC(=O)O.CCCCN1CCCCC1C(=O)Nc1c(C)cccc1C. The smallest absolute Gasteiger partial charge is 0.303 e. The van der Waals surface area contributed by atoms with Crippen LogP contribution in [-0.2, 0) is 9.59 Å². The average Bonchev–Trinajstić information content (AvgIpc) is 2.96. The third kappa shape index (κ3) is 18.1. The minimum Gasteiger partial charge on any atom is -0.481 e. The first-order valence-corrected chi connectivity index (χ1v) is 16.9. The molecule has 1 fully saturated rings. The van der Waals surface area contributed by atoms with Crippen LogP contribution in [-0.4, -0.2) is 41.0 Å². The molecule has 2 N–H and O–H groups in total. The molecule has 0 aromatic heterocycles. The molecule has 0 bridgehead atoms. The first-order chi connectivity index (χ1) is 19.9. The number of anilines is 1. The number of allylic oxidation sites excluding steroid dienone is 2. The molecule has 1 aromatic rings. The van der Waals surface area contributed by atoms with Crippen LogP contribution in [0.4, 0.5) is 5.69 Å². The monoisotopic (exact) mass is 570 g/mol. The van der Waals surface area contributed by atoms with Crippen LogP contribution in [0, 0.1) is 13.8 Å². The molecule has 1 amide bonds. The summed E-state index contributed by atoms with van der Waals surface area (Å²) in [6.07, 6.45) is 27.0. The van der Waals surface area contributed by atoms with E-state index >= 15 is 0 Å². The van der Waals surface area contributed by atoms with Gasteiger partial charge in [-0.05, 0) is 89.4 Å². The fourth-order valence-electron chi connectivity index (χ4n) is 5.48. The Kier molecular flexibility index (Phi) is 22.0. The van der Waals surface area contributed by atoms with Gasteiger partial charge in [0.1, 0.15) is 0 Å². The maximum absolute atomic E-state index is 12.7. The van der Waals surface area contributed by atoms with Crippen molar-refractivity contribution in [3.05, 3.63) is 41.5 Å². The molecular formula is C36H62N2O3. The number of para-hydroxylation sites is 1. The summed E-state index contributed by atoms with van der Waals surface area (Å²) in [4.78, 5) is 25.4. The summed E-state index contributed by atoms with van der Waals surface area (Å²) in [5.41, 5.74) is 3.27. The molecule has 0 aliphatic carbocycles. The van der Waals surface area contributed by atoms with Crippen molar-refractivity contribution in [2.24, 2.45) is 0 Å². The van der Waals surface area contributed by atoms with Gasteiger partial charge in [0.15, 0.2) is 0 Å². The number of hydrogen-bond acceptors (Lipinski definition) is 3. The Morgan fingerprint density at radius 2 is 1.39 bits per heavy atom. The van der Waals surface area contributed by atoms with E-state index in [1.807, 2.05) is 6.07 Å². The molecule has 234 valence electrons. The van der Waals surface area contributed by atoms with Gasteiger partial charge in [0, 0.05) is 12.1 Å². The Hall–Kier alpha value is -2.14. The van der Waals surface area contributed by atoms with Crippen LogP contribution in [0.25, 0.3) is 0 Å². The number of nitrogens with zero attached hydrogens (tertiary/aromatic N) is 1. The van der Waals surface area contributed by atoms with Gasteiger partial charge < -0.3 is 10.4 Å². The van der Waals surface area contributed by atoms with Gasteiger partial charge in [-0.15, -0.1) is 0 Å². The van der Waals surface area contributed by atoms with Crippen molar-refractivity contribution in [2.45, 2.75) is 156 Å². The number of hydrogen-bond donors (Lipinski definition) is 2. The average molecular weight is 571 g/mol. The summed E-state index contributed by atoms with van der Waals surface area (Å²) in [5, 5.41) is 11.7. The number of carboxylic acid groups (broad SMARTS) is 1. The van der Waals surface area contributed by atoms with E-state index in [0.717, 1.165) is 55.6 Å². The molecule has 1 heterocycles. The molecule has 1 aliphatic rings. The predicted octanol–water partition coefficient (Wildman–Crippen LogP) is 10.0. The fourth-order valence-corrected chi connectivity index (χ4v) is 5.48. The maximum atomic E-state index is 12.7. The maximum Gasteiger partial charge on any atom is 0.303 e. The molecule has 2 rings (SSSR count). The molecule has 0 saturated carbocycles. The number of aliphatic carboxylic acids is 1. The standard InChI is InChI=1S/C18H28N2O.C18H34O2/c1-4-5-12-20-13-7-6-11-16(20)18(21)19-17-14(2)9-8-10-15(17)3;1-2-3-4-5-6-7-8-9-10-11-12-13-14-15-16-17-18(19)20/h8-10,16H,4-7,11-13H2,1-3H3,(H,19,21);9-10H,2-8,11-17H2,1H3,(H,19,20)/b;10-9-. The number of rotatable bonds is 20. The van der Waals surface area contributed by atoms with Crippen LogP contribution in [0.2, 0.25) is 0 Å². The lowest BCUT2D eigenvalue weighted by Gasteiger charge is -2.34. The second kappa shape index (κ2) is 24.5. The van der Waals surface area contributed by atoms with Gasteiger partial charge in [-0.2, -0.15) is 0 Å². The van der Waals surface area contributed by atoms with Crippen LogP contribution in [0.3, 0.4) is 0 Å². The largest absolute Gasteiger partial charge is 0.481 e. The normalized spacial score (nSPS) is 15.5. The zero-order valence-electron chi connectivity index (χ0n) is 27.0. The summed E-state index contributed by atoms with van der Waals surface area (Å²) < 4.78 is 0. The van der Waals surface area contributed by atoms with E-state index in [1.165, 1.54) is 89.9 Å². The van der Waals surface area contributed by atoms with E-state index in [0.29, 0.717) is 6.42 Å². The van der Waals surface area contributed by atoms with Gasteiger partial charge in [-0.25, -0.2) is 0 Å². The molecule has 1 atom stereocenters. The topological polar surface area (TPSA) is 69.6 Å². The number of carbonyl (C=O) groups excluding carboxylic acids is 1. The Labute approximate surface area is 252 Å². The van der Waals surface area contributed by atoms with Crippen molar-refractivity contribution in [1.82, 2.24) is 4.90 Å². The highest BCUT2D eigenvalue weighted by Gasteiger charge is 2.28. The molecule has 1 saturated heterocycles. The Balaban J connectivity index is 0.000000411. The molecule has 1 unspecified atom stereocenters. The number of piperidine rings is 1. The highest BCUT2D eigenvalue weighted by Crippen LogP contribution is 2.23. The fraction of sp³-hybridized carbons (Fsp3) is 0.722. The van der Waals surface area contributed by atoms with Crippen LogP contribution >= 0.6 is 0 Å². The molecular weight excluding hydrogens is 508 g/mol. The van der Waals surface area contributed by atoms with E-state index < -0.39 is 5.97 Å². The molecule has 1 aliphatic heterocycles. The van der Waals surface area contributed by atoms with Crippen LogP contribution in [0.5, 0.6) is 0 Å². The Morgan fingerprint density at radius 1 is 0.829 bits per heavy atom. The van der Waals surface area contributed by atoms with Crippen LogP contribution in [0.1, 0.15) is 147 Å². The van der Waals surface area contributed by atoms with E-state index in [1.54, 1.807) is 0 Å². The van der Waals surface area contributed by atoms with E-state index in [2.05, 4.69) is 62.2 Å². The lowest BCUT2D eigenvalue weighted by Crippen LogP contribution is -2.47. The highest BCUT2D eigenvalue weighted by molar-refractivity contribution is 5.96. The summed E-state index contributed by atoms with van der Waals surface area (Å²) in [6.45, 7) is 10.7. The Morgan fingerprint density at radius 3 is 1.98 bits per heavy atom. The quantitative estimate of drug-likeness (QED) is 0.121.